The van der Waals surface area contributed by atoms with Crippen molar-refractivity contribution >= 4 is 33.6 Å². The van der Waals surface area contributed by atoms with Crippen LogP contribution in [0.4, 0.5) is 5.69 Å². The Labute approximate surface area is 139 Å². The highest BCUT2D eigenvalue weighted by Crippen LogP contribution is 2.13. The molecule has 0 saturated heterocycles. The van der Waals surface area contributed by atoms with E-state index in [0.29, 0.717) is 18.7 Å². The molecule has 0 aliphatic heterocycles. The molecule has 0 heterocycles. The van der Waals surface area contributed by atoms with Gasteiger partial charge in [-0.2, -0.15) is 0 Å². The third-order valence-electron chi connectivity index (χ3n) is 3.14. The highest BCUT2D eigenvalue weighted by Gasteiger charge is 2.07. The van der Waals surface area contributed by atoms with Gasteiger partial charge in [0, 0.05) is 28.8 Å². The molecule has 0 aliphatic carbocycles. The summed E-state index contributed by atoms with van der Waals surface area (Å²) in [6.45, 7) is 3.19. The number of hydrogen-bond donors (Lipinski definition) is 2. The van der Waals surface area contributed by atoms with E-state index in [0.717, 1.165) is 15.7 Å². The van der Waals surface area contributed by atoms with E-state index >= 15 is 0 Å². The van der Waals surface area contributed by atoms with Gasteiger partial charge in [-0.15, -0.1) is 0 Å². The van der Waals surface area contributed by atoms with Gasteiger partial charge in [0.2, 0.25) is 0 Å². The molecule has 0 fully saturated rings. The summed E-state index contributed by atoms with van der Waals surface area (Å²) in [6.07, 6.45) is 3.87. The average molecular weight is 359 g/mol. The van der Waals surface area contributed by atoms with Crippen molar-refractivity contribution in [2.45, 2.75) is 6.92 Å². The Morgan fingerprint density at radius 2 is 1.82 bits per heavy atom. The smallest absolute Gasteiger partial charge is 0.251 e. The first-order valence-corrected chi connectivity index (χ1v) is 7.99. The monoisotopic (exact) mass is 358 g/mol. The molecule has 0 saturated carbocycles. The fourth-order valence-corrected chi connectivity index (χ4v) is 2.34. The summed E-state index contributed by atoms with van der Waals surface area (Å²) >= 11 is 3.40. The number of hydrogen-bond acceptors (Lipinski definition) is 2. The summed E-state index contributed by atoms with van der Waals surface area (Å²) < 4.78 is 1.05. The Bertz CT molecular complexity index is 650. The lowest BCUT2D eigenvalue weighted by molar-refractivity contribution is 0.0955. The van der Waals surface area contributed by atoms with Crippen molar-refractivity contribution in [3.8, 4) is 0 Å². The summed E-state index contributed by atoms with van der Waals surface area (Å²) in [4.78, 5) is 12.2. The fourth-order valence-electron chi connectivity index (χ4n) is 2.07. The van der Waals surface area contributed by atoms with Gasteiger partial charge in [0.05, 0.1) is 0 Å². The Kier molecular flexibility index (Phi) is 6.22. The average Bonchev–Trinajstić information content (AvgIpc) is 2.54. The molecule has 0 aromatic heterocycles. The zero-order chi connectivity index (χ0) is 15.8. The molecule has 4 heteroatoms. The van der Waals surface area contributed by atoms with Gasteiger partial charge < -0.3 is 10.6 Å². The van der Waals surface area contributed by atoms with Gasteiger partial charge in [0.25, 0.3) is 5.91 Å². The number of anilines is 1. The number of carbonyl (C=O) groups excluding carboxylic acids is 1. The van der Waals surface area contributed by atoms with Crippen molar-refractivity contribution in [2.75, 3.05) is 18.4 Å². The Morgan fingerprint density at radius 3 is 2.55 bits per heavy atom. The molecular formula is C18H19BrN2O. The molecule has 1 amide bonds. The van der Waals surface area contributed by atoms with E-state index < -0.39 is 0 Å². The topological polar surface area (TPSA) is 41.1 Å². The first kappa shape index (κ1) is 16.3. The van der Waals surface area contributed by atoms with E-state index in [4.69, 9.17) is 0 Å². The van der Waals surface area contributed by atoms with E-state index in [-0.39, 0.29) is 5.91 Å². The van der Waals surface area contributed by atoms with Crippen molar-refractivity contribution in [3.63, 3.8) is 0 Å². The number of halogens is 1. The van der Waals surface area contributed by atoms with Crippen LogP contribution in [-0.2, 0) is 0 Å². The molecule has 2 rings (SSSR count). The summed E-state index contributed by atoms with van der Waals surface area (Å²) in [5, 5.41) is 6.20. The number of nitrogens with one attached hydrogen (secondary N) is 2. The molecule has 3 nitrogen and oxygen atoms in total. The van der Waals surface area contributed by atoms with Crippen LogP contribution < -0.4 is 10.6 Å². The normalized spacial score (nSPS) is 10.6. The van der Waals surface area contributed by atoms with Gasteiger partial charge in [0.15, 0.2) is 0 Å². The first-order valence-electron chi connectivity index (χ1n) is 7.20. The molecule has 0 radical (unpaired) electrons. The molecule has 0 aliphatic rings. The van der Waals surface area contributed by atoms with Crippen LogP contribution in [0.15, 0.2) is 59.1 Å². The van der Waals surface area contributed by atoms with Gasteiger partial charge in [0.1, 0.15) is 0 Å². The van der Waals surface area contributed by atoms with Crippen molar-refractivity contribution in [1.29, 1.82) is 0 Å². The maximum Gasteiger partial charge on any atom is 0.251 e. The number of benzene rings is 2. The number of rotatable bonds is 6. The molecule has 2 aromatic rings. The van der Waals surface area contributed by atoms with Crippen molar-refractivity contribution in [1.82, 2.24) is 5.32 Å². The summed E-state index contributed by atoms with van der Waals surface area (Å²) in [6, 6.07) is 15.5. The zero-order valence-corrected chi connectivity index (χ0v) is 14.1. The minimum absolute atomic E-state index is 0.0497. The predicted octanol–water partition coefficient (Wildman–Crippen LogP) is 4.32. The van der Waals surface area contributed by atoms with Crippen molar-refractivity contribution in [2.24, 2.45) is 0 Å². The fraction of sp³-hybridized carbons (Fsp3) is 0.167. The first-order chi connectivity index (χ1) is 10.7. The Hall–Kier alpha value is -2.07. The van der Waals surface area contributed by atoms with E-state index in [1.54, 1.807) is 0 Å². The minimum atomic E-state index is -0.0497. The number of carbonyl (C=O) groups is 1. The zero-order valence-electron chi connectivity index (χ0n) is 12.5. The van der Waals surface area contributed by atoms with Gasteiger partial charge in [-0.05, 0) is 42.8 Å². The maximum absolute atomic E-state index is 12.2. The highest BCUT2D eigenvalue weighted by atomic mass is 79.9. The number of allylic oxidation sites excluding steroid dienone is 1. The summed E-state index contributed by atoms with van der Waals surface area (Å²) in [5.74, 6) is -0.0497. The van der Waals surface area contributed by atoms with Crippen LogP contribution in [0, 0.1) is 0 Å². The van der Waals surface area contributed by atoms with Crippen molar-refractivity contribution in [3.05, 3.63) is 70.2 Å². The molecule has 0 atom stereocenters. The third-order valence-corrected chi connectivity index (χ3v) is 3.66. The SMILES string of the molecule is CC=Cc1ccccc1C(=O)NCCNc1ccc(Br)cc1. The quantitative estimate of drug-likeness (QED) is 0.754. The molecule has 2 aromatic carbocycles. The lowest BCUT2D eigenvalue weighted by atomic mass is 10.1. The van der Waals surface area contributed by atoms with Crippen LogP contribution in [-0.4, -0.2) is 19.0 Å². The predicted molar refractivity (Wildman–Crippen MR) is 96.1 cm³/mol. The van der Waals surface area contributed by atoms with Crippen LogP contribution in [0.1, 0.15) is 22.8 Å². The molecule has 114 valence electrons. The standard InChI is InChI=1S/C18H19BrN2O/c1-2-5-14-6-3-4-7-17(14)18(22)21-13-12-20-16-10-8-15(19)9-11-16/h2-11,20H,12-13H2,1H3,(H,21,22). The second kappa shape index (κ2) is 8.39. The largest absolute Gasteiger partial charge is 0.383 e. The molecule has 0 bridgehead atoms. The van der Waals surface area contributed by atoms with Crippen LogP contribution in [0.3, 0.4) is 0 Å². The van der Waals surface area contributed by atoms with E-state index in [1.165, 1.54) is 0 Å². The van der Waals surface area contributed by atoms with Crippen molar-refractivity contribution < 1.29 is 4.79 Å². The van der Waals surface area contributed by atoms with Crippen LogP contribution >= 0.6 is 15.9 Å². The van der Waals surface area contributed by atoms with Gasteiger partial charge in [-0.25, -0.2) is 0 Å². The summed E-state index contributed by atoms with van der Waals surface area (Å²) in [5.41, 5.74) is 2.67. The lowest BCUT2D eigenvalue weighted by Gasteiger charge is -2.09. The van der Waals surface area contributed by atoms with E-state index in [9.17, 15) is 4.79 Å². The Morgan fingerprint density at radius 1 is 1.09 bits per heavy atom. The Balaban J connectivity index is 1.84. The maximum atomic E-state index is 12.2. The second-order valence-corrected chi connectivity index (χ2v) is 5.69. The molecular weight excluding hydrogens is 340 g/mol. The van der Waals surface area contributed by atoms with Crippen LogP contribution in [0.25, 0.3) is 6.08 Å². The lowest BCUT2D eigenvalue weighted by Crippen LogP contribution is -2.29. The number of amides is 1. The third kappa shape index (κ3) is 4.74. The van der Waals surface area contributed by atoms with Gasteiger partial charge >= 0.3 is 0 Å². The second-order valence-electron chi connectivity index (χ2n) is 4.78. The van der Waals surface area contributed by atoms with Crippen LogP contribution in [0.5, 0.6) is 0 Å². The minimum Gasteiger partial charge on any atom is -0.383 e. The van der Waals surface area contributed by atoms with Gasteiger partial charge in [-0.3, -0.25) is 4.79 Å². The molecule has 2 N–H and O–H groups in total. The van der Waals surface area contributed by atoms with Gasteiger partial charge in [-0.1, -0.05) is 46.3 Å². The van der Waals surface area contributed by atoms with Crippen LogP contribution in [0.2, 0.25) is 0 Å². The molecule has 22 heavy (non-hydrogen) atoms. The van der Waals surface area contributed by atoms with E-state index in [1.807, 2.05) is 67.6 Å². The van der Waals surface area contributed by atoms with E-state index in [2.05, 4.69) is 26.6 Å². The molecule has 0 unspecified atom stereocenters. The molecule has 0 spiro atoms. The highest BCUT2D eigenvalue weighted by molar-refractivity contribution is 9.10. The summed E-state index contributed by atoms with van der Waals surface area (Å²) in [7, 11) is 0.